The molecular weight excluding hydrogens is 338 g/mol. The highest BCUT2D eigenvalue weighted by Crippen LogP contribution is 2.26. The van der Waals surface area contributed by atoms with E-state index in [9.17, 15) is 9.59 Å². The zero-order chi connectivity index (χ0) is 17.8. The van der Waals surface area contributed by atoms with E-state index in [2.05, 4.69) is 16.4 Å². The van der Waals surface area contributed by atoms with Crippen LogP contribution in [0, 0.1) is 12.8 Å². The Bertz CT molecular complexity index is 774. The number of rotatable bonds is 5. The molecule has 1 unspecified atom stereocenters. The lowest BCUT2D eigenvalue weighted by Crippen LogP contribution is -2.43. The van der Waals surface area contributed by atoms with Crippen molar-refractivity contribution in [3.63, 3.8) is 0 Å². The fourth-order valence-corrected chi connectivity index (χ4v) is 4.08. The first kappa shape index (κ1) is 17.8. The Morgan fingerprint density at radius 2 is 2.28 bits per heavy atom. The number of aromatic nitrogens is 1. The Hall–Kier alpha value is -1.99. The normalized spacial score (nSPS) is 18.2. The van der Waals surface area contributed by atoms with Crippen LogP contribution in [-0.4, -0.2) is 48.0 Å². The molecule has 0 radical (unpaired) electrons. The molecule has 1 fully saturated rings. The number of ether oxygens (including phenoxy) is 1. The van der Waals surface area contributed by atoms with Gasteiger partial charge in [0.25, 0.3) is 0 Å². The van der Waals surface area contributed by atoms with Crippen LogP contribution < -0.4 is 5.32 Å². The van der Waals surface area contributed by atoms with Crippen LogP contribution in [0.1, 0.15) is 25.3 Å². The van der Waals surface area contributed by atoms with Crippen molar-refractivity contribution in [2.45, 2.75) is 26.7 Å². The Labute approximate surface area is 151 Å². The Kier molecular flexibility index (Phi) is 5.65. The van der Waals surface area contributed by atoms with Crippen molar-refractivity contribution in [3.05, 3.63) is 23.8 Å². The molecule has 1 atom stereocenters. The lowest BCUT2D eigenvalue weighted by Gasteiger charge is -2.30. The first-order valence-electron chi connectivity index (χ1n) is 8.61. The molecule has 1 aromatic carbocycles. The summed E-state index contributed by atoms with van der Waals surface area (Å²) in [5.41, 5.74) is 2.07. The Balaban J connectivity index is 1.57. The maximum absolute atomic E-state index is 12.3. The quantitative estimate of drug-likeness (QED) is 0.829. The van der Waals surface area contributed by atoms with Crippen LogP contribution in [0.25, 0.3) is 10.2 Å². The van der Waals surface area contributed by atoms with Gasteiger partial charge in [0.1, 0.15) is 0 Å². The minimum atomic E-state index is -0.158. The van der Waals surface area contributed by atoms with Crippen molar-refractivity contribution in [2.75, 3.05) is 31.6 Å². The number of hydrogen-bond acceptors (Lipinski definition) is 6. The molecule has 25 heavy (non-hydrogen) atoms. The van der Waals surface area contributed by atoms with Gasteiger partial charge in [0, 0.05) is 6.54 Å². The highest BCUT2D eigenvalue weighted by molar-refractivity contribution is 7.22. The summed E-state index contributed by atoms with van der Waals surface area (Å²) in [6.07, 6.45) is 1.73. The van der Waals surface area contributed by atoms with E-state index in [1.807, 2.05) is 30.9 Å². The molecule has 6 nitrogen and oxygen atoms in total. The SMILES string of the molecule is CCOC(=O)C1CCCN(CC(=O)Nc2nc3ccc(C)cc3s2)C1. The lowest BCUT2D eigenvalue weighted by atomic mass is 9.98. The van der Waals surface area contributed by atoms with E-state index in [1.165, 1.54) is 16.9 Å². The molecule has 1 saturated heterocycles. The van der Waals surface area contributed by atoms with E-state index in [4.69, 9.17) is 4.74 Å². The third-order valence-corrected chi connectivity index (χ3v) is 5.22. The summed E-state index contributed by atoms with van der Waals surface area (Å²) >= 11 is 1.48. The predicted molar refractivity (Wildman–Crippen MR) is 98.8 cm³/mol. The first-order chi connectivity index (χ1) is 12.0. The standard InChI is InChI=1S/C18H23N3O3S/c1-3-24-17(23)13-5-4-8-21(10-13)11-16(22)20-18-19-14-7-6-12(2)9-15(14)25-18/h6-7,9,13H,3-5,8,10-11H2,1-2H3,(H,19,20,22). The van der Waals surface area contributed by atoms with Crippen molar-refractivity contribution in [2.24, 2.45) is 5.92 Å². The minimum absolute atomic E-state index is 0.0970. The molecule has 7 heteroatoms. The summed E-state index contributed by atoms with van der Waals surface area (Å²) in [5.74, 6) is -0.388. The predicted octanol–water partition coefficient (Wildman–Crippen LogP) is 2.82. The topological polar surface area (TPSA) is 71.5 Å². The zero-order valence-electron chi connectivity index (χ0n) is 14.6. The van der Waals surface area contributed by atoms with Crippen LogP contribution in [0.4, 0.5) is 5.13 Å². The Morgan fingerprint density at radius 3 is 3.08 bits per heavy atom. The van der Waals surface area contributed by atoms with Gasteiger partial charge in [-0.15, -0.1) is 0 Å². The molecule has 0 spiro atoms. The van der Waals surface area contributed by atoms with Gasteiger partial charge in [-0.2, -0.15) is 0 Å². The lowest BCUT2D eigenvalue weighted by molar-refractivity contribution is -0.150. The maximum Gasteiger partial charge on any atom is 0.310 e. The molecule has 1 amide bonds. The van der Waals surface area contributed by atoms with Gasteiger partial charge in [0.05, 0.1) is 29.3 Å². The molecule has 3 rings (SSSR count). The van der Waals surface area contributed by atoms with E-state index < -0.39 is 0 Å². The van der Waals surface area contributed by atoms with Gasteiger partial charge < -0.3 is 10.1 Å². The van der Waals surface area contributed by atoms with Crippen molar-refractivity contribution in [3.8, 4) is 0 Å². The average molecular weight is 361 g/mol. The fourth-order valence-electron chi connectivity index (χ4n) is 3.10. The second-order valence-electron chi connectivity index (χ2n) is 6.36. The molecule has 0 saturated carbocycles. The number of piperidine rings is 1. The number of esters is 1. The number of fused-ring (bicyclic) bond motifs is 1. The first-order valence-corrected chi connectivity index (χ1v) is 9.43. The number of likely N-dealkylation sites (tertiary alicyclic amines) is 1. The summed E-state index contributed by atoms with van der Waals surface area (Å²) in [5, 5.41) is 3.49. The molecule has 134 valence electrons. The molecule has 1 aliphatic heterocycles. The van der Waals surface area contributed by atoms with Crippen molar-refractivity contribution in [1.82, 2.24) is 9.88 Å². The molecule has 1 aromatic heterocycles. The number of thiazole rings is 1. The third kappa shape index (κ3) is 4.55. The molecule has 0 aliphatic carbocycles. The second kappa shape index (κ2) is 7.93. The van der Waals surface area contributed by atoms with Crippen LogP contribution in [-0.2, 0) is 14.3 Å². The molecule has 2 aromatic rings. The molecule has 2 heterocycles. The van der Waals surface area contributed by atoms with Gasteiger partial charge >= 0.3 is 5.97 Å². The highest BCUT2D eigenvalue weighted by atomic mass is 32.1. The van der Waals surface area contributed by atoms with Gasteiger partial charge in [-0.25, -0.2) is 4.98 Å². The van der Waals surface area contributed by atoms with E-state index in [-0.39, 0.29) is 24.3 Å². The van der Waals surface area contributed by atoms with Crippen LogP contribution in [0.15, 0.2) is 18.2 Å². The number of nitrogens with one attached hydrogen (secondary N) is 1. The van der Waals surface area contributed by atoms with Crippen LogP contribution >= 0.6 is 11.3 Å². The van der Waals surface area contributed by atoms with Gasteiger partial charge in [0.15, 0.2) is 5.13 Å². The highest BCUT2D eigenvalue weighted by Gasteiger charge is 2.27. The van der Waals surface area contributed by atoms with E-state index in [0.717, 1.165) is 29.6 Å². The number of carbonyl (C=O) groups is 2. The number of benzene rings is 1. The maximum atomic E-state index is 12.3. The largest absolute Gasteiger partial charge is 0.466 e. The van der Waals surface area contributed by atoms with Gasteiger partial charge in [-0.05, 0) is 50.9 Å². The van der Waals surface area contributed by atoms with Gasteiger partial charge in [0.2, 0.25) is 5.91 Å². The average Bonchev–Trinajstić information content (AvgIpc) is 2.96. The summed E-state index contributed by atoms with van der Waals surface area (Å²) in [7, 11) is 0. The summed E-state index contributed by atoms with van der Waals surface area (Å²) < 4.78 is 6.16. The van der Waals surface area contributed by atoms with E-state index >= 15 is 0 Å². The fraction of sp³-hybridized carbons (Fsp3) is 0.500. The zero-order valence-corrected chi connectivity index (χ0v) is 15.4. The number of carbonyl (C=O) groups excluding carboxylic acids is 2. The monoisotopic (exact) mass is 361 g/mol. The summed E-state index contributed by atoms with van der Waals surface area (Å²) in [6, 6.07) is 6.04. The number of hydrogen-bond donors (Lipinski definition) is 1. The van der Waals surface area contributed by atoms with Crippen molar-refractivity contribution < 1.29 is 14.3 Å². The smallest absolute Gasteiger partial charge is 0.310 e. The minimum Gasteiger partial charge on any atom is -0.466 e. The van der Waals surface area contributed by atoms with Crippen LogP contribution in [0.5, 0.6) is 0 Å². The van der Waals surface area contributed by atoms with Crippen LogP contribution in [0.3, 0.4) is 0 Å². The number of aryl methyl sites for hydroxylation is 1. The molecule has 1 N–H and O–H groups in total. The Morgan fingerprint density at radius 1 is 1.44 bits per heavy atom. The van der Waals surface area contributed by atoms with Crippen LogP contribution in [0.2, 0.25) is 0 Å². The van der Waals surface area contributed by atoms with Crippen molar-refractivity contribution in [1.29, 1.82) is 0 Å². The number of nitrogens with zero attached hydrogens (tertiary/aromatic N) is 2. The number of anilines is 1. The summed E-state index contributed by atoms with van der Waals surface area (Å²) in [4.78, 5) is 30.7. The molecular formula is C18H23N3O3S. The van der Waals surface area contributed by atoms with E-state index in [1.54, 1.807) is 0 Å². The molecule has 0 bridgehead atoms. The van der Waals surface area contributed by atoms with Gasteiger partial charge in [-0.3, -0.25) is 14.5 Å². The third-order valence-electron chi connectivity index (χ3n) is 4.28. The molecule has 1 aliphatic rings. The van der Waals surface area contributed by atoms with Gasteiger partial charge in [-0.1, -0.05) is 17.4 Å². The van der Waals surface area contributed by atoms with Crippen molar-refractivity contribution >= 4 is 38.6 Å². The summed E-state index contributed by atoms with van der Waals surface area (Å²) in [6.45, 7) is 5.91. The van der Waals surface area contributed by atoms with E-state index in [0.29, 0.717) is 18.3 Å². The number of amides is 1. The second-order valence-corrected chi connectivity index (χ2v) is 7.40.